The predicted molar refractivity (Wildman–Crippen MR) is 77.3 cm³/mol. The Morgan fingerprint density at radius 1 is 1.18 bits per heavy atom. The molecule has 88 valence electrons. The third-order valence-electron chi connectivity index (χ3n) is 3.05. The zero-order valence-electron chi connectivity index (χ0n) is 9.45. The summed E-state index contributed by atoms with van der Waals surface area (Å²) in [4.78, 5) is 0. The van der Waals surface area contributed by atoms with Gasteiger partial charge in [0.1, 0.15) is 0 Å². The Balaban J connectivity index is 1.72. The molecule has 1 aliphatic rings. The lowest BCUT2D eigenvalue weighted by Crippen LogP contribution is -2.14. The van der Waals surface area contributed by atoms with Crippen molar-refractivity contribution in [1.82, 2.24) is 5.32 Å². The highest BCUT2D eigenvalue weighted by molar-refractivity contribution is 9.10. The molecule has 1 nitrogen and oxygen atoms in total. The third kappa shape index (κ3) is 2.79. The average molecular weight is 308 g/mol. The molecule has 0 saturated heterocycles. The molecular weight excluding hydrogens is 294 g/mol. The molecule has 1 fully saturated rings. The Bertz CT molecular complexity index is 499. The maximum absolute atomic E-state index is 3.58. The van der Waals surface area contributed by atoms with Gasteiger partial charge >= 0.3 is 0 Å². The largest absolute Gasteiger partial charge is 0.310 e. The van der Waals surface area contributed by atoms with Crippen molar-refractivity contribution >= 4 is 27.3 Å². The normalized spacial score (nSPS) is 15.1. The van der Waals surface area contributed by atoms with Crippen LogP contribution in [-0.4, -0.2) is 6.04 Å². The van der Waals surface area contributed by atoms with E-state index in [2.05, 4.69) is 56.3 Å². The Hall–Kier alpha value is -0.640. The second kappa shape index (κ2) is 4.92. The van der Waals surface area contributed by atoms with E-state index in [1.54, 1.807) is 11.3 Å². The summed E-state index contributed by atoms with van der Waals surface area (Å²) in [7, 11) is 0. The first kappa shape index (κ1) is 11.5. The summed E-state index contributed by atoms with van der Waals surface area (Å²) >= 11 is 5.31. The van der Waals surface area contributed by atoms with Gasteiger partial charge in [0, 0.05) is 28.0 Å². The van der Waals surface area contributed by atoms with Crippen molar-refractivity contribution in [2.24, 2.45) is 0 Å². The Morgan fingerprint density at radius 2 is 1.94 bits per heavy atom. The molecule has 3 rings (SSSR count). The van der Waals surface area contributed by atoms with Crippen molar-refractivity contribution in [3.8, 4) is 11.1 Å². The number of nitrogens with one attached hydrogen (secondary N) is 1. The summed E-state index contributed by atoms with van der Waals surface area (Å²) in [6.07, 6.45) is 2.69. The molecule has 0 unspecified atom stereocenters. The van der Waals surface area contributed by atoms with Crippen molar-refractivity contribution in [3.05, 3.63) is 45.1 Å². The van der Waals surface area contributed by atoms with Crippen LogP contribution in [0.15, 0.2) is 39.5 Å². The second-order valence-electron chi connectivity index (χ2n) is 4.49. The average Bonchev–Trinajstić information content (AvgIpc) is 3.09. The lowest BCUT2D eigenvalue weighted by atomic mass is 10.1. The summed E-state index contributed by atoms with van der Waals surface area (Å²) < 4.78 is 1.19. The van der Waals surface area contributed by atoms with Crippen LogP contribution in [0.5, 0.6) is 0 Å². The van der Waals surface area contributed by atoms with E-state index in [1.165, 1.54) is 34.0 Å². The summed E-state index contributed by atoms with van der Waals surface area (Å²) in [6, 6.07) is 9.62. The SMILES string of the molecule is Brc1cscc1-c1ccc(CNC2CC2)cc1. The first-order valence-electron chi connectivity index (χ1n) is 5.87. The molecule has 0 spiro atoms. The number of rotatable bonds is 4. The molecule has 1 aromatic heterocycles. The van der Waals surface area contributed by atoms with Crippen molar-refractivity contribution in [2.75, 3.05) is 0 Å². The van der Waals surface area contributed by atoms with Crippen molar-refractivity contribution < 1.29 is 0 Å². The minimum atomic E-state index is 0.778. The number of halogens is 1. The van der Waals surface area contributed by atoms with E-state index in [0.29, 0.717) is 0 Å². The Kier molecular flexibility index (Phi) is 3.32. The highest BCUT2D eigenvalue weighted by atomic mass is 79.9. The van der Waals surface area contributed by atoms with Gasteiger partial charge in [0.25, 0.3) is 0 Å². The molecule has 1 N–H and O–H groups in total. The topological polar surface area (TPSA) is 12.0 Å². The third-order valence-corrected chi connectivity index (χ3v) is 4.75. The molecule has 1 aromatic carbocycles. The number of hydrogen-bond acceptors (Lipinski definition) is 2. The Labute approximate surface area is 114 Å². The summed E-state index contributed by atoms with van der Waals surface area (Å²) in [6.45, 7) is 0.996. The van der Waals surface area contributed by atoms with Crippen LogP contribution in [0.25, 0.3) is 11.1 Å². The maximum Gasteiger partial charge on any atom is 0.0360 e. The number of hydrogen-bond donors (Lipinski definition) is 1. The van der Waals surface area contributed by atoms with Crippen molar-refractivity contribution in [1.29, 1.82) is 0 Å². The van der Waals surface area contributed by atoms with Gasteiger partial charge in [-0.25, -0.2) is 0 Å². The van der Waals surface area contributed by atoms with Crippen LogP contribution in [0.2, 0.25) is 0 Å². The Morgan fingerprint density at radius 3 is 2.53 bits per heavy atom. The fraction of sp³-hybridized carbons (Fsp3) is 0.286. The molecule has 0 bridgehead atoms. The van der Waals surface area contributed by atoms with Gasteiger partial charge in [-0.1, -0.05) is 24.3 Å². The summed E-state index contributed by atoms with van der Waals surface area (Å²) in [5.41, 5.74) is 3.94. The molecule has 0 amide bonds. The predicted octanol–water partition coefficient (Wildman–Crippen LogP) is 4.43. The quantitative estimate of drug-likeness (QED) is 0.881. The van der Waals surface area contributed by atoms with Gasteiger partial charge in [-0.15, -0.1) is 0 Å². The van der Waals surface area contributed by atoms with Crippen molar-refractivity contribution in [3.63, 3.8) is 0 Å². The lowest BCUT2D eigenvalue weighted by Gasteiger charge is -2.05. The highest BCUT2D eigenvalue weighted by Gasteiger charge is 2.19. The standard InChI is InChI=1S/C14H14BrNS/c15-14-9-17-8-13(14)11-3-1-10(2-4-11)7-16-12-5-6-12/h1-4,8-9,12,16H,5-7H2. The molecule has 0 radical (unpaired) electrons. The second-order valence-corrected chi connectivity index (χ2v) is 6.08. The van der Waals surface area contributed by atoms with Gasteiger partial charge < -0.3 is 5.32 Å². The van der Waals surface area contributed by atoms with Crippen LogP contribution in [0, 0.1) is 0 Å². The van der Waals surface area contributed by atoms with Gasteiger partial charge in [0.2, 0.25) is 0 Å². The van der Waals surface area contributed by atoms with E-state index >= 15 is 0 Å². The zero-order chi connectivity index (χ0) is 11.7. The van der Waals surface area contributed by atoms with Crippen LogP contribution in [0.4, 0.5) is 0 Å². The zero-order valence-corrected chi connectivity index (χ0v) is 11.9. The van der Waals surface area contributed by atoms with Gasteiger partial charge in [-0.2, -0.15) is 11.3 Å². The van der Waals surface area contributed by atoms with Gasteiger partial charge in [0.15, 0.2) is 0 Å². The fourth-order valence-corrected chi connectivity index (χ4v) is 3.37. The lowest BCUT2D eigenvalue weighted by molar-refractivity contribution is 0.688. The van der Waals surface area contributed by atoms with Gasteiger partial charge in [-0.3, -0.25) is 0 Å². The maximum atomic E-state index is 3.58. The molecule has 1 saturated carbocycles. The highest BCUT2D eigenvalue weighted by Crippen LogP contribution is 2.31. The molecule has 0 aliphatic heterocycles. The van der Waals surface area contributed by atoms with Gasteiger partial charge in [0.05, 0.1) is 0 Å². The summed E-state index contributed by atoms with van der Waals surface area (Å²) in [5.74, 6) is 0. The van der Waals surface area contributed by atoms with E-state index in [4.69, 9.17) is 0 Å². The van der Waals surface area contributed by atoms with Crippen LogP contribution in [0.3, 0.4) is 0 Å². The number of thiophene rings is 1. The molecule has 17 heavy (non-hydrogen) atoms. The molecule has 1 heterocycles. The molecular formula is C14H14BrNS. The van der Waals surface area contributed by atoms with E-state index in [1.807, 2.05) is 0 Å². The first-order valence-corrected chi connectivity index (χ1v) is 7.61. The molecule has 2 aromatic rings. The van der Waals surface area contributed by atoms with E-state index in [0.717, 1.165) is 12.6 Å². The number of benzene rings is 1. The molecule has 1 aliphatic carbocycles. The van der Waals surface area contributed by atoms with Gasteiger partial charge in [-0.05, 0) is 45.3 Å². The van der Waals surface area contributed by atoms with E-state index in [-0.39, 0.29) is 0 Å². The minimum absolute atomic E-state index is 0.778. The van der Waals surface area contributed by atoms with Crippen LogP contribution in [0.1, 0.15) is 18.4 Å². The smallest absolute Gasteiger partial charge is 0.0360 e. The van der Waals surface area contributed by atoms with Crippen LogP contribution >= 0.6 is 27.3 Å². The van der Waals surface area contributed by atoms with Crippen LogP contribution < -0.4 is 5.32 Å². The molecule has 0 atom stereocenters. The minimum Gasteiger partial charge on any atom is -0.310 e. The molecule has 3 heteroatoms. The fourth-order valence-electron chi connectivity index (χ4n) is 1.84. The first-order chi connectivity index (χ1) is 8.33. The van der Waals surface area contributed by atoms with E-state index < -0.39 is 0 Å². The van der Waals surface area contributed by atoms with E-state index in [9.17, 15) is 0 Å². The monoisotopic (exact) mass is 307 g/mol. The van der Waals surface area contributed by atoms with Crippen LogP contribution in [-0.2, 0) is 6.54 Å². The summed E-state index contributed by atoms with van der Waals surface area (Å²) in [5, 5.41) is 7.84. The van der Waals surface area contributed by atoms with Crippen molar-refractivity contribution in [2.45, 2.75) is 25.4 Å².